The molecule has 0 N–H and O–H groups in total. The summed E-state index contributed by atoms with van der Waals surface area (Å²) in [7, 11) is 4.16. The molecule has 0 saturated carbocycles. The van der Waals surface area contributed by atoms with Gasteiger partial charge in [-0.1, -0.05) is 23.2 Å². The quantitative estimate of drug-likeness (QED) is 0.272. The molecule has 2 aliphatic rings. The van der Waals surface area contributed by atoms with Gasteiger partial charge in [0.15, 0.2) is 11.7 Å². The van der Waals surface area contributed by atoms with E-state index in [4.69, 9.17) is 32.9 Å². The van der Waals surface area contributed by atoms with Gasteiger partial charge in [-0.15, -0.1) is 0 Å². The van der Waals surface area contributed by atoms with Crippen molar-refractivity contribution < 1.29 is 9.53 Å². The van der Waals surface area contributed by atoms with Crippen LogP contribution in [0.3, 0.4) is 0 Å². The Morgan fingerprint density at radius 2 is 1.95 bits per heavy atom. The molecule has 0 amide bonds. The molecule has 4 aromatic rings. The molecule has 0 aliphatic carbocycles. The van der Waals surface area contributed by atoms with Crippen LogP contribution < -0.4 is 20.0 Å². The molecule has 1 unspecified atom stereocenters. The molecule has 41 heavy (non-hydrogen) atoms. The zero-order valence-electron chi connectivity index (χ0n) is 22.8. The van der Waals surface area contributed by atoms with Crippen molar-refractivity contribution >= 4 is 51.9 Å². The lowest BCUT2D eigenvalue weighted by Gasteiger charge is -2.43. The standard InChI is InChI=1S/C30H30Cl2N6O3/c1-35(2)22-15-36(16-22)28-8-7-20(13-34-28)38-14-19(17-39)29(40)23-11-25(32)27(12-26(23)38)37-10-4-5-21(37)18-41-30-24(31)6-3-9-33-30/h3,6-9,11-14,17,21-22H,4-5,10,15-16,18H2,1-2H3. The fourth-order valence-electron chi connectivity index (χ4n) is 5.53. The third-order valence-corrected chi connectivity index (χ3v) is 8.57. The number of halogens is 2. The van der Waals surface area contributed by atoms with E-state index >= 15 is 0 Å². The van der Waals surface area contributed by atoms with Crippen molar-refractivity contribution in [1.82, 2.24) is 19.4 Å². The van der Waals surface area contributed by atoms with Gasteiger partial charge in [0.05, 0.1) is 39.7 Å². The van der Waals surface area contributed by atoms with Gasteiger partial charge in [-0.3, -0.25) is 9.59 Å². The van der Waals surface area contributed by atoms with Crippen LogP contribution in [0.1, 0.15) is 23.2 Å². The van der Waals surface area contributed by atoms with Gasteiger partial charge in [-0.05, 0) is 63.3 Å². The minimum absolute atomic E-state index is 0.0425. The predicted octanol–water partition coefficient (Wildman–Crippen LogP) is 4.70. The van der Waals surface area contributed by atoms with E-state index in [0.717, 1.165) is 49.7 Å². The van der Waals surface area contributed by atoms with Crippen molar-refractivity contribution in [2.24, 2.45) is 0 Å². The van der Waals surface area contributed by atoms with Crippen LogP contribution in [-0.4, -0.2) is 78.1 Å². The average Bonchev–Trinajstić information content (AvgIpc) is 3.41. The van der Waals surface area contributed by atoms with E-state index in [0.29, 0.717) is 45.8 Å². The summed E-state index contributed by atoms with van der Waals surface area (Å²) in [6.07, 6.45) is 7.45. The molecule has 2 aliphatic heterocycles. The molecule has 9 nitrogen and oxygen atoms in total. The Hall–Kier alpha value is -3.66. The van der Waals surface area contributed by atoms with Crippen molar-refractivity contribution in [1.29, 1.82) is 0 Å². The molecular weight excluding hydrogens is 563 g/mol. The van der Waals surface area contributed by atoms with Crippen LogP contribution in [0.5, 0.6) is 5.88 Å². The van der Waals surface area contributed by atoms with Gasteiger partial charge in [0.2, 0.25) is 5.88 Å². The van der Waals surface area contributed by atoms with Gasteiger partial charge >= 0.3 is 0 Å². The summed E-state index contributed by atoms with van der Waals surface area (Å²) >= 11 is 13.0. The van der Waals surface area contributed by atoms with E-state index in [1.165, 1.54) is 0 Å². The van der Waals surface area contributed by atoms with Crippen molar-refractivity contribution in [2.75, 3.05) is 50.1 Å². The number of anilines is 2. The number of carbonyl (C=O) groups is 1. The number of rotatable bonds is 8. The molecule has 212 valence electrons. The van der Waals surface area contributed by atoms with E-state index in [9.17, 15) is 9.59 Å². The second-order valence-electron chi connectivity index (χ2n) is 10.7. The van der Waals surface area contributed by atoms with E-state index < -0.39 is 0 Å². The van der Waals surface area contributed by atoms with E-state index in [1.807, 2.05) is 22.8 Å². The highest BCUT2D eigenvalue weighted by atomic mass is 35.5. The maximum absolute atomic E-state index is 13.2. The molecule has 1 aromatic carbocycles. The Bertz CT molecular complexity index is 1650. The molecule has 6 rings (SSSR count). The van der Waals surface area contributed by atoms with Crippen molar-refractivity contribution in [3.63, 3.8) is 0 Å². The van der Waals surface area contributed by atoms with Gasteiger partial charge in [-0.2, -0.15) is 0 Å². The fraction of sp³-hybridized carbons (Fsp3) is 0.333. The number of nitrogens with zero attached hydrogens (tertiary/aromatic N) is 6. The third-order valence-electron chi connectivity index (χ3n) is 7.98. The van der Waals surface area contributed by atoms with Gasteiger partial charge in [0.25, 0.3) is 0 Å². The lowest BCUT2D eigenvalue weighted by molar-refractivity contribution is 0.112. The zero-order chi connectivity index (χ0) is 28.7. The lowest BCUT2D eigenvalue weighted by Crippen LogP contribution is -2.57. The predicted molar refractivity (Wildman–Crippen MR) is 163 cm³/mol. The highest BCUT2D eigenvalue weighted by Gasteiger charge is 2.30. The molecule has 1 atom stereocenters. The average molecular weight is 594 g/mol. The topological polar surface area (TPSA) is 83.8 Å². The van der Waals surface area contributed by atoms with Crippen molar-refractivity contribution in [3.05, 3.63) is 80.8 Å². The Balaban J connectivity index is 1.34. The van der Waals surface area contributed by atoms with Crippen LogP contribution in [0.25, 0.3) is 16.6 Å². The van der Waals surface area contributed by atoms with Crippen LogP contribution in [0, 0.1) is 0 Å². The number of aldehydes is 1. The number of benzene rings is 1. The first-order valence-electron chi connectivity index (χ1n) is 13.6. The Kier molecular flexibility index (Phi) is 7.59. The molecule has 2 saturated heterocycles. The smallest absolute Gasteiger partial charge is 0.232 e. The van der Waals surface area contributed by atoms with Crippen LogP contribution in [0.2, 0.25) is 10.0 Å². The van der Waals surface area contributed by atoms with Gasteiger partial charge in [0.1, 0.15) is 17.4 Å². The maximum Gasteiger partial charge on any atom is 0.232 e. The zero-order valence-corrected chi connectivity index (χ0v) is 24.3. The Morgan fingerprint density at radius 3 is 2.66 bits per heavy atom. The maximum atomic E-state index is 13.2. The van der Waals surface area contributed by atoms with Gasteiger partial charge < -0.3 is 24.0 Å². The number of likely N-dealkylation sites (N-methyl/N-ethyl adjacent to an activating group) is 1. The van der Waals surface area contributed by atoms with Gasteiger partial charge in [0, 0.05) is 43.5 Å². The minimum atomic E-state index is -0.356. The third kappa shape index (κ3) is 5.25. The number of pyridine rings is 3. The number of ether oxygens (including phenoxy) is 1. The largest absolute Gasteiger partial charge is 0.474 e. The monoisotopic (exact) mass is 592 g/mol. The van der Waals surface area contributed by atoms with Crippen LogP contribution in [-0.2, 0) is 0 Å². The summed E-state index contributed by atoms with van der Waals surface area (Å²) in [5.74, 6) is 1.29. The van der Waals surface area contributed by atoms with Crippen molar-refractivity contribution in [3.8, 4) is 11.6 Å². The van der Waals surface area contributed by atoms with Gasteiger partial charge in [-0.25, -0.2) is 9.97 Å². The highest BCUT2D eigenvalue weighted by molar-refractivity contribution is 6.34. The summed E-state index contributed by atoms with van der Waals surface area (Å²) in [6, 6.07) is 11.6. The van der Waals surface area contributed by atoms with E-state index in [1.54, 1.807) is 36.8 Å². The molecular formula is C30H30Cl2N6O3. The fourth-order valence-corrected chi connectivity index (χ4v) is 5.98. The Labute approximate surface area is 247 Å². The van der Waals surface area contributed by atoms with Crippen LogP contribution >= 0.6 is 23.2 Å². The number of aromatic nitrogens is 3. The normalized spacial score (nSPS) is 17.3. The van der Waals surface area contributed by atoms with Crippen LogP contribution in [0.4, 0.5) is 11.5 Å². The molecule has 0 radical (unpaired) electrons. The van der Waals surface area contributed by atoms with E-state index in [-0.39, 0.29) is 17.0 Å². The number of fused-ring (bicyclic) bond motifs is 1. The minimum Gasteiger partial charge on any atom is -0.474 e. The van der Waals surface area contributed by atoms with Crippen molar-refractivity contribution in [2.45, 2.75) is 24.9 Å². The molecule has 3 aromatic heterocycles. The summed E-state index contributed by atoms with van der Waals surface area (Å²) in [6.45, 7) is 3.01. The first kappa shape index (κ1) is 27.5. The summed E-state index contributed by atoms with van der Waals surface area (Å²) < 4.78 is 7.81. The number of hydrogen-bond acceptors (Lipinski definition) is 8. The summed E-state index contributed by atoms with van der Waals surface area (Å²) in [4.78, 5) is 40.6. The second-order valence-corrected chi connectivity index (χ2v) is 11.5. The summed E-state index contributed by atoms with van der Waals surface area (Å²) in [5, 5.41) is 1.27. The van der Waals surface area contributed by atoms with Crippen LogP contribution in [0.15, 0.2) is 59.8 Å². The highest BCUT2D eigenvalue weighted by Crippen LogP contribution is 2.36. The second kappa shape index (κ2) is 11.3. The summed E-state index contributed by atoms with van der Waals surface area (Å²) in [5.41, 5.74) is 1.88. The first-order valence-corrected chi connectivity index (χ1v) is 14.3. The molecule has 0 bridgehead atoms. The lowest BCUT2D eigenvalue weighted by atomic mass is 10.1. The molecule has 5 heterocycles. The molecule has 0 spiro atoms. The Morgan fingerprint density at radius 1 is 1.12 bits per heavy atom. The SMILES string of the molecule is CN(C)C1CN(c2ccc(-n3cc(C=O)c(=O)c4cc(Cl)c(N5CCCC5COc5ncccc5Cl)cc43)cn2)C1. The molecule has 11 heteroatoms. The number of hydrogen-bond donors (Lipinski definition) is 0. The van der Waals surface area contributed by atoms with E-state index in [2.05, 4.69) is 33.8 Å². The molecule has 2 fully saturated rings. The number of carbonyl (C=O) groups excluding carboxylic acids is 1. The first-order chi connectivity index (χ1) is 19.8.